The summed E-state index contributed by atoms with van der Waals surface area (Å²) in [6, 6.07) is 4.56. The minimum atomic E-state index is -0.301. The Morgan fingerprint density at radius 2 is 2.11 bits per heavy atom. The Morgan fingerprint density at radius 3 is 2.79 bits per heavy atom. The van der Waals surface area contributed by atoms with Gasteiger partial charge in [-0.2, -0.15) is 0 Å². The summed E-state index contributed by atoms with van der Waals surface area (Å²) >= 11 is 1.58. The van der Waals surface area contributed by atoms with Crippen molar-refractivity contribution in [1.29, 1.82) is 0 Å². The summed E-state index contributed by atoms with van der Waals surface area (Å²) < 4.78 is 17.9. The standard InChI is InChI=1S/C14H20FNO2S/c1-2-18-14(17)6-4-3-5-7-19-13-9-11(15)8-12(16)10-13/h8-10H,2-7,16H2,1H3. The van der Waals surface area contributed by atoms with Crippen molar-refractivity contribution in [3.8, 4) is 0 Å². The van der Waals surface area contributed by atoms with E-state index >= 15 is 0 Å². The first-order chi connectivity index (χ1) is 9.11. The van der Waals surface area contributed by atoms with Gasteiger partial charge in [0.15, 0.2) is 0 Å². The van der Waals surface area contributed by atoms with Crippen LogP contribution < -0.4 is 5.73 Å². The van der Waals surface area contributed by atoms with Gasteiger partial charge in [0.1, 0.15) is 5.82 Å². The molecule has 0 saturated carbocycles. The zero-order valence-corrected chi connectivity index (χ0v) is 12.0. The van der Waals surface area contributed by atoms with Crippen LogP contribution in [-0.4, -0.2) is 18.3 Å². The van der Waals surface area contributed by atoms with Crippen molar-refractivity contribution in [1.82, 2.24) is 0 Å². The molecule has 0 saturated heterocycles. The van der Waals surface area contributed by atoms with Gasteiger partial charge in [0.2, 0.25) is 0 Å². The van der Waals surface area contributed by atoms with Gasteiger partial charge in [-0.25, -0.2) is 4.39 Å². The van der Waals surface area contributed by atoms with Crippen LogP contribution in [0.1, 0.15) is 32.6 Å². The summed E-state index contributed by atoms with van der Waals surface area (Å²) in [5, 5.41) is 0. The minimum Gasteiger partial charge on any atom is -0.466 e. The van der Waals surface area contributed by atoms with E-state index in [4.69, 9.17) is 10.5 Å². The Kier molecular flexibility index (Phi) is 7.33. The van der Waals surface area contributed by atoms with Crippen molar-refractivity contribution in [2.24, 2.45) is 0 Å². The van der Waals surface area contributed by atoms with E-state index in [2.05, 4.69) is 0 Å². The summed E-state index contributed by atoms with van der Waals surface area (Å²) in [7, 11) is 0. The first-order valence-electron chi connectivity index (χ1n) is 6.46. The second-order valence-corrected chi connectivity index (χ2v) is 5.35. The summed E-state index contributed by atoms with van der Waals surface area (Å²) in [5.74, 6) is 0.462. The molecule has 19 heavy (non-hydrogen) atoms. The Balaban J connectivity index is 2.12. The van der Waals surface area contributed by atoms with Crippen LogP contribution in [0.15, 0.2) is 23.1 Å². The quantitative estimate of drug-likeness (QED) is 0.343. The lowest BCUT2D eigenvalue weighted by atomic mass is 10.2. The van der Waals surface area contributed by atoms with E-state index in [0.717, 1.165) is 29.9 Å². The molecule has 0 radical (unpaired) electrons. The fourth-order valence-corrected chi connectivity index (χ4v) is 2.64. The number of carbonyl (C=O) groups excluding carboxylic acids is 1. The van der Waals surface area contributed by atoms with Crippen molar-refractivity contribution < 1.29 is 13.9 Å². The average molecular weight is 285 g/mol. The molecule has 0 amide bonds. The van der Waals surface area contributed by atoms with E-state index < -0.39 is 0 Å². The number of rotatable bonds is 8. The molecule has 0 fully saturated rings. The van der Waals surface area contributed by atoms with Crippen LogP contribution in [0.4, 0.5) is 10.1 Å². The molecule has 0 aliphatic rings. The molecule has 106 valence electrons. The van der Waals surface area contributed by atoms with Gasteiger partial charge in [0.05, 0.1) is 6.61 Å². The molecule has 0 heterocycles. The molecule has 0 aromatic heterocycles. The fraction of sp³-hybridized carbons (Fsp3) is 0.500. The normalized spacial score (nSPS) is 10.4. The van der Waals surface area contributed by atoms with Crippen LogP contribution in [0.25, 0.3) is 0 Å². The van der Waals surface area contributed by atoms with Crippen molar-refractivity contribution in [2.75, 3.05) is 18.1 Å². The third-order valence-corrected chi connectivity index (χ3v) is 3.55. The lowest BCUT2D eigenvalue weighted by Crippen LogP contribution is -2.03. The molecule has 0 aliphatic heterocycles. The van der Waals surface area contributed by atoms with Crippen LogP contribution in [0, 0.1) is 5.82 Å². The Morgan fingerprint density at radius 1 is 1.32 bits per heavy atom. The van der Waals surface area contributed by atoms with E-state index in [9.17, 15) is 9.18 Å². The van der Waals surface area contributed by atoms with Crippen LogP contribution in [0.5, 0.6) is 0 Å². The smallest absolute Gasteiger partial charge is 0.305 e. The highest BCUT2D eigenvalue weighted by Crippen LogP contribution is 2.23. The predicted octanol–water partition coefficient (Wildman–Crippen LogP) is 3.62. The predicted molar refractivity (Wildman–Crippen MR) is 76.6 cm³/mol. The maximum absolute atomic E-state index is 13.1. The first kappa shape index (κ1) is 15.8. The highest BCUT2D eigenvalue weighted by atomic mass is 32.2. The molecule has 2 N–H and O–H groups in total. The fourth-order valence-electron chi connectivity index (χ4n) is 1.64. The summed E-state index contributed by atoms with van der Waals surface area (Å²) in [6.45, 7) is 2.24. The Bertz CT molecular complexity index is 392. The highest BCUT2D eigenvalue weighted by Gasteiger charge is 2.02. The monoisotopic (exact) mass is 285 g/mol. The number of nitrogen functional groups attached to an aromatic ring is 1. The van der Waals surface area contributed by atoms with Gasteiger partial charge in [-0.05, 0) is 43.7 Å². The van der Waals surface area contributed by atoms with Gasteiger partial charge in [-0.3, -0.25) is 4.79 Å². The van der Waals surface area contributed by atoms with Gasteiger partial charge in [-0.1, -0.05) is 6.42 Å². The molecule has 0 aliphatic carbocycles. The lowest BCUT2D eigenvalue weighted by molar-refractivity contribution is -0.143. The summed E-state index contributed by atoms with van der Waals surface area (Å²) in [4.78, 5) is 11.9. The topological polar surface area (TPSA) is 52.3 Å². The number of carbonyl (C=O) groups is 1. The van der Waals surface area contributed by atoms with E-state index in [-0.39, 0.29) is 11.8 Å². The van der Waals surface area contributed by atoms with Gasteiger partial charge in [0.25, 0.3) is 0 Å². The molecular formula is C14H20FNO2S. The number of halogens is 1. The number of benzene rings is 1. The van der Waals surface area contributed by atoms with E-state index in [0.29, 0.717) is 18.7 Å². The number of esters is 1. The SMILES string of the molecule is CCOC(=O)CCCCCSc1cc(N)cc(F)c1. The van der Waals surface area contributed by atoms with E-state index in [1.165, 1.54) is 12.1 Å². The molecule has 1 aromatic carbocycles. The molecule has 3 nitrogen and oxygen atoms in total. The molecule has 0 unspecified atom stereocenters. The van der Waals surface area contributed by atoms with Crippen LogP contribution in [-0.2, 0) is 9.53 Å². The molecular weight excluding hydrogens is 265 g/mol. The number of ether oxygens (including phenoxy) is 1. The summed E-state index contributed by atoms with van der Waals surface area (Å²) in [5.41, 5.74) is 6.02. The van der Waals surface area contributed by atoms with Crippen molar-refractivity contribution in [3.05, 3.63) is 24.0 Å². The van der Waals surface area contributed by atoms with Crippen molar-refractivity contribution >= 4 is 23.4 Å². The highest BCUT2D eigenvalue weighted by molar-refractivity contribution is 7.99. The molecule has 1 aromatic rings. The number of nitrogens with two attached hydrogens (primary N) is 1. The number of thioether (sulfide) groups is 1. The average Bonchev–Trinajstić information content (AvgIpc) is 2.32. The Labute approximate surface area is 117 Å². The van der Waals surface area contributed by atoms with Gasteiger partial charge < -0.3 is 10.5 Å². The van der Waals surface area contributed by atoms with E-state index in [1.54, 1.807) is 24.8 Å². The van der Waals surface area contributed by atoms with Crippen molar-refractivity contribution in [2.45, 2.75) is 37.5 Å². The lowest BCUT2D eigenvalue weighted by Gasteiger charge is -2.04. The molecule has 1 rings (SSSR count). The minimum absolute atomic E-state index is 0.131. The van der Waals surface area contributed by atoms with Crippen LogP contribution in [0.2, 0.25) is 0 Å². The number of anilines is 1. The van der Waals surface area contributed by atoms with Crippen LogP contribution >= 0.6 is 11.8 Å². The van der Waals surface area contributed by atoms with Gasteiger partial charge in [-0.15, -0.1) is 11.8 Å². The molecule has 5 heteroatoms. The van der Waals surface area contributed by atoms with Gasteiger partial charge in [0, 0.05) is 17.0 Å². The maximum Gasteiger partial charge on any atom is 0.305 e. The van der Waals surface area contributed by atoms with Crippen LogP contribution in [0.3, 0.4) is 0 Å². The summed E-state index contributed by atoms with van der Waals surface area (Å²) in [6.07, 6.45) is 3.27. The maximum atomic E-state index is 13.1. The second kappa shape index (κ2) is 8.80. The molecule has 0 atom stereocenters. The third kappa shape index (κ3) is 7.06. The third-order valence-electron chi connectivity index (χ3n) is 2.49. The largest absolute Gasteiger partial charge is 0.466 e. The zero-order chi connectivity index (χ0) is 14.1. The number of hydrogen-bond acceptors (Lipinski definition) is 4. The second-order valence-electron chi connectivity index (χ2n) is 4.18. The Hall–Kier alpha value is -1.23. The first-order valence-corrected chi connectivity index (χ1v) is 7.45. The molecule has 0 bridgehead atoms. The number of hydrogen-bond donors (Lipinski definition) is 1. The van der Waals surface area contributed by atoms with Crippen molar-refractivity contribution in [3.63, 3.8) is 0 Å². The zero-order valence-electron chi connectivity index (χ0n) is 11.2. The number of unbranched alkanes of at least 4 members (excludes halogenated alkanes) is 2. The molecule has 0 spiro atoms. The van der Waals surface area contributed by atoms with Gasteiger partial charge >= 0.3 is 5.97 Å². The van der Waals surface area contributed by atoms with E-state index in [1.807, 2.05) is 0 Å².